The number of rotatable bonds is 4. The van der Waals surface area contributed by atoms with Crippen LogP contribution < -0.4 is 5.43 Å². The lowest BCUT2D eigenvalue weighted by atomic mass is 10.2. The van der Waals surface area contributed by atoms with Crippen LogP contribution in [-0.2, 0) is 0 Å². The van der Waals surface area contributed by atoms with Crippen LogP contribution in [0.15, 0.2) is 34.6 Å². The molecule has 3 N–H and O–H groups in total. The molecule has 2 rings (SSSR count). The molecule has 0 aliphatic carbocycles. The van der Waals surface area contributed by atoms with Crippen LogP contribution in [0.3, 0.4) is 0 Å². The molecule has 0 radical (unpaired) electrons. The summed E-state index contributed by atoms with van der Waals surface area (Å²) in [6, 6.07) is 6.04. The van der Waals surface area contributed by atoms with E-state index < -0.39 is 5.97 Å². The number of aromatic amines is 1. The zero-order valence-electron chi connectivity index (χ0n) is 8.40. The Kier molecular flexibility index (Phi) is 3.01. The first-order valence-corrected chi connectivity index (χ1v) is 4.49. The van der Waals surface area contributed by atoms with Crippen molar-refractivity contribution in [3.8, 4) is 0 Å². The molecular weight excluding hydrogens is 226 g/mol. The maximum Gasteiger partial charge on any atom is 0.335 e. The molecule has 2 aromatic rings. The number of anilines is 1. The Morgan fingerprint density at radius 3 is 2.71 bits per heavy atom. The zero-order chi connectivity index (χ0) is 12.1. The summed E-state index contributed by atoms with van der Waals surface area (Å²) in [6.45, 7) is 0. The number of tetrazole rings is 1. The number of carboxylic acids is 1. The average molecular weight is 233 g/mol. The molecule has 1 aromatic carbocycles. The van der Waals surface area contributed by atoms with Crippen LogP contribution in [0, 0.1) is 0 Å². The molecule has 0 spiro atoms. The van der Waals surface area contributed by atoms with Crippen LogP contribution in [0.25, 0.3) is 0 Å². The summed E-state index contributed by atoms with van der Waals surface area (Å²) in [7, 11) is 0. The van der Waals surface area contributed by atoms with Crippen LogP contribution in [0.2, 0.25) is 0 Å². The van der Waals surface area contributed by atoms with Gasteiger partial charge in [-0.15, -0.1) is 5.10 Å². The maximum atomic E-state index is 10.6. The molecule has 0 fully saturated rings. The van der Waals surface area contributed by atoms with Crippen molar-refractivity contribution in [2.24, 2.45) is 10.3 Å². The van der Waals surface area contributed by atoms with Gasteiger partial charge in [-0.2, -0.15) is 5.21 Å². The zero-order valence-corrected chi connectivity index (χ0v) is 8.40. The first-order chi connectivity index (χ1) is 8.25. The summed E-state index contributed by atoms with van der Waals surface area (Å²) in [5.41, 5.74) is 3.39. The molecule has 86 valence electrons. The van der Waals surface area contributed by atoms with E-state index in [2.05, 4.69) is 36.4 Å². The lowest BCUT2D eigenvalue weighted by Crippen LogP contribution is -1.95. The summed E-state index contributed by atoms with van der Waals surface area (Å²) in [5, 5.41) is 28.5. The molecule has 0 unspecified atom stereocenters. The number of nitrogens with one attached hydrogen (secondary N) is 2. The van der Waals surface area contributed by atoms with Crippen LogP contribution in [-0.4, -0.2) is 31.7 Å². The van der Waals surface area contributed by atoms with Gasteiger partial charge in [-0.1, -0.05) is 15.4 Å². The molecule has 0 bridgehead atoms. The van der Waals surface area contributed by atoms with E-state index >= 15 is 0 Å². The number of hydrogen-bond donors (Lipinski definition) is 3. The third kappa shape index (κ3) is 2.81. The van der Waals surface area contributed by atoms with E-state index in [-0.39, 0.29) is 11.5 Å². The average Bonchev–Trinajstić information content (AvgIpc) is 2.83. The number of hydrogen-bond acceptors (Lipinski definition) is 6. The molecule has 17 heavy (non-hydrogen) atoms. The normalized spacial score (nSPS) is 10.6. The number of aromatic carboxylic acids is 1. The van der Waals surface area contributed by atoms with E-state index in [0.717, 1.165) is 0 Å². The van der Waals surface area contributed by atoms with Gasteiger partial charge in [0.2, 0.25) is 0 Å². The van der Waals surface area contributed by atoms with E-state index in [0.29, 0.717) is 5.69 Å². The Balaban J connectivity index is 1.97. The van der Waals surface area contributed by atoms with Gasteiger partial charge in [0.1, 0.15) is 0 Å². The fourth-order valence-corrected chi connectivity index (χ4v) is 1.01. The number of aromatic nitrogens is 4. The highest BCUT2D eigenvalue weighted by molar-refractivity contribution is 5.87. The van der Waals surface area contributed by atoms with Gasteiger partial charge in [0.25, 0.3) is 0 Å². The summed E-state index contributed by atoms with van der Waals surface area (Å²) >= 11 is 0. The number of benzene rings is 1. The van der Waals surface area contributed by atoms with Crippen molar-refractivity contribution in [2.75, 3.05) is 5.43 Å². The van der Waals surface area contributed by atoms with E-state index in [4.69, 9.17) is 5.11 Å². The minimum Gasteiger partial charge on any atom is -0.478 e. The summed E-state index contributed by atoms with van der Waals surface area (Å²) in [5.74, 6) is -0.885. The SMILES string of the molecule is O=C(O)c1ccc(NN=Nc2nn[nH]n2)cc1. The van der Waals surface area contributed by atoms with Gasteiger partial charge < -0.3 is 5.11 Å². The molecular formula is C8H7N7O2. The van der Waals surface area contributed by atoms with Gasteiger partial charge in [0, 0.05) is 0 Å². The maximum absolute atomic E-state index is 10.6. The highest BCUT2D eigenvalue weighted by Gasteiger charge is 2.00. The third-order valence-electron chi connectivity index (χ3n) is 1.78. The molecule has 0 aliphatic rings. The Morgan fingerprint density at radius 1 is 1.35 bits per heavy atom. The fourth-order valence-electron chi connectivity index (χ4n) is 1.01. The van der Waals surface area contributed by atoms with Gasteiger partial charge in [-0.05, 0) is 29.5 Å². The van der Waals surface area contributed by atoms with Crippen molar-refractivity contribution in [3.05, 3.63) is 29.8 Å². The van der Waals surface area contributed by atoms with E-state index in [1.807, 2.05) is 0 Å². The van der Waals surface area contributed by atoms with Crippen molar-refractivity contribution in [1.29, 1.82) is 0 Å². The van der Waals surface area contributed by atoms with E-state index in [1.165, 1.54) is 12.1 Å². The highest BCUT2D eigenvalue weighted by atomic mass is 16.4. The molecule has 0 atom stereocenters. The number of H-pyrrole nitrogens is 1. The number of carboxylic acid groups (broad SMARTS) is 1. The summed E-state index contributed by atoms with van der Waals surface area (Å²) < 4.78 is 0. The van der Waals surface area contributed by atoms with E-state index in [1.54, 1.807) is 12.1 Å². The summed E-state index contributed by atoms with van der Waals surface area (Å²) in [6.07, 6.45) is 0. The molecule has 9 nitrogen and oxygen atoms in total. The predicted molar refractivity (Wildman–Crippen MR) is 55.7 cm³/mol. The molecule has 0 amide bonds. The predicted octanol–water partition coefficient (Wildman–Crippen LogP) is 1.01. The largest absolute Gasteiger partial charge is 0.478 e. The third-order valence-corrected chi connectivity index (χ3v) is 1.78. The Hall–Kier alpha value is -2.84. The van der Waals surface area contributed by atoms with Gasteiger partial charge >= 0.3 is 11.9 Å². The van der Waals surface area contributed by atoms with E-state index in [9.17, 15) is 4.79 Å². The Bertz CT molecular complexity index is 519. The minimum absolute atomic E-state index is 0.0969. The molecule has 9 heteroatoms. The van der Waals surface area contributed by atoms with Gasteiger partial charge in [0.15, 0.2) is 0 Å². The quantitative estimate of drug-likeness (QED) is 0.533. The summed E-state index contributed by atoms with van der Waals surface area (Å²) in [4.78, 5) is 10.6. The monoisotopic (exact) mass is 233 g/mol. The standard InChI is InChI=1S/C8H7N7O2/c16-7(17)5-1-3-6(4-2-5)9-13-10-8-11-14-15-12-8/h1-4H,(H,16,17)(H2,9,10,11,12,14,15). The first kappa shape index (κ1) is 10.7. The van der Waals surface area contributed by atoms with Crippen molar-refractivity contribution < 1.29 is 9.90 Å². The smallest absolute Gasteiger partial charge is 0.335 e. The first-order valence-electron chi connectivity index (χ1n) is 4.49. The van der Waals surface area contributed by atoms with Crippen LogP contribution in [0.4, 0.5) is 11.6 Å². The lowest BCUT2D eigenvalue weighted by Gasteiger charge is -1.98. The second-order valence-electron chi connectivity index (χ2n) is 2.91. The Labute approximate surface area is 94.5 Å². The van der Waals surface area contributed by atoms with Gasteiger partial charge in [-0.3, -0.25) is 5.43 Å². The van der Waals surface area contributed by atoms with Crippen molar-refractivity contribution in [2.45, 2.75) is 0 Å². The topological polar surface area (TPSA) is 129 Å². The second-order valence-corrected chi connectivity index (χ2v) is 2.91. The van der Waals surface area contributed by atoms with Gasteiger partial charge in [-0.25, -0.2) is 4.79 Å². The van der Waals surface area contributed by atoms with Crippen LogP contribution in [0.1, 0.15) is 10.4 Å². The minimum atomic E-state index is -0.982. The van der Waals surface area contributed by atoms with Crippen molar-refractivity contribution in [3.63, 3.8) is 0 Å². The fraction of sp³-hybridized carbons (Fsp3) is 0. The van der Waals surface area contributed by atoms with Gasteiger partial charge in [0.05, 0.1) is 11.3 Å². The molecule has 0 aliphatic heterocycles. The molecule has 0 saturated carbocycles. The second kappa shape index (κ2) is 4.79. The highest BCUT2D eigenvalue weighted by Crippen LogP contribution is 2.10. The molecule has 0 saturated heterocycles. The van der Waals surface area contributed by atoms with Crippen molar-refractivity contribution >= 4 is 17.6 Å². The molecule has 1 heterocycles. The lowest BCUT2D eigenvalue weighted by molar-refractivity contribution is 0.0697. The number of nitrogens with zero attached hydrogens (tertiary/aromatic N) is 5. The number of carbonyl (C=O) groups is 1. The molecule has 1 aromatic heterocycles. The van der Waals surface area contributed by atoms with Crippen molar-refractivity contribution in [1.82, 2.24) is 20.6 Å². The van der Waals surface area contributed by atoms with Crippen LogP contribution >= 0.6 is 0 Å². The Morgan fingerprint density at radius 2 is 2.12 bits per heavy atom. The van der Waals surface area contributed by atoms with Crippen LogP contribution in [0.5, 0.6) is 0 Å².